The molecule has 1 aromatic heterocycles. The number of rotatable bonds is 3. The van der Waals surface area contributed by atoms with Crippen LogP contribution in [0.25, 0.3) is 22.3 Å². The summed E-state index contributed by atoms with van der Waals surface area (Å²) in [6.07, 6.45) is 0. The highest BCUT2D eigenvalue weighted by molar-refractivity contribution is 5.89. The molecule has 0 atom stereocenters. The molecule has 0 aliphatic rings. The number of aryl methyl sites for hydroxylation is 1. The molecule has 0 fully saturated rings. The van der Waals surface area contributed by atoms with Gasteiger partial charge in [-0.1, -0.05) is 12.1 Å². The number of phenolic OH excluding ortho intramolecular Hbond substituents is 2. The molecule has 3 aromatic rings. The molecule has 0 saturated carbocycles. The van der Waals surface area contributed by atoms with Crippen molar-refractivity contribution in [1.29, 1.82) is 0 Å². The number of phenols is 2. The second-order valence-electron chi connectivity index (χ2n) is 5.31. The predicted molar refractivity (Wildman–Crippen MR) is 89.1 cm³/mol. The van der Waals surface area contributed by atoms with E-state index < -0.39 is 16.9 Å². The Morgan fingerprint density at radius 2 is 1.67 bits per heavy atom. The molecule has 0 unspecified atom stereocenters. The Labute approximate surface area is 137 Å². The van der Waals surface area contributed by atoms with Gasteiger partial charge >= 0.3 is 0 Å². The van der Waals surface area contributed by atoms with Gasteiger partial charge in [-0.3, -0.25) is 4.79 Å². The predicted octanol–water partition coefficient (Wildman–Crippen LogP) is 3.20. The Kier molecular flexibility index (Phi) is 3.81. The van der Waals surface area contributed by atoms with Crippen LogP contribution in [0, 0.1) is 6.92 Å². The number of fused-ring (bicyclic) bond motifs is 1. The lowest BCUT2D eigenvalue weighted by molar-refractivity contribution is 0.352. The van der Waals surface area contributed by atoms with Gasteiger partial charge in [0.1, 0.15) is 22.5 Å². The zero-order valence-electron chi connectivity index (χ0n) is 13.4. The minimum absolute atomic E-state index is 0.0155. The van der Waals surface area contributed by atoms with Crippen molar-refractivity contribution < 1.29 is 24.1 Å². The standard InChI is InChI=1S/C18H16O6/c1-9-4-5-10(6-12(9)22-2)13-7-11(19)16-14(24-13)8-15(23-3)17(20)18(16)21/h4-8,20-21H,1-3H3. The summed E-state index contributed by atoms with van der Waals surface area (Å²) >= 11 is 0. The van der Waals surface area contributed by atoms with E-state index in [9.17, 15) is 15.0 Å². The minimum atomic E-state index is -0.564. The molecule has 0 spiro atoms. The Bertz CT molecular complexity index is 987. The van der Waals surface area contributed by atoms with E-state index in [0.717, 1.165) is 5.56 Å². The largest absolute Gasteiger partial charge is 0.504 e. The first kappa shape index (κ1) is 15.7. The second-order valence-corrected chi connectivity index (χ2v) is 5.31. The highest BCUT2D eigenvalue weighted by Crippen LogP contribution is 2.41. The molecule has 0 amide bonds. The zero-order valence-corrected chi connectivity index (χ0v) is 13.4. The van der Waals surface area contributed by atoms with Gasteiger partial charge in [0.15, 0.2) is 16.9 Å². The lowest BCUT2D eigenvalue weighted by atomic mass is 10.1. The maximum atomic E-state index is 12.4. The molecule has 0 radical (unpaired) electrons. The van der Waals surface area contributed by atoms with Crippen LogP contribution in [-0.4, -0.2) is 24.4 Å². The average Bonchev–Trinajstić information content (AvgIpc) is 2.57. The van der Waals surface area contributed by atoms with Crippen molar-refractivity contribution in [3.8, 4) is 34.3 Å². The van der Waals surface area contributed by atoms with Crippen LogP contribution in [0.4, 0.5) is 0 Å². The van der Waals surface area contributed by atoms with Crippen LogP contribution in [0.15, 0.2) is 39.5 Å². The highest BCUT2D eigenvalue weighted by atomic mass is 16.5. The number of benzene rings is 2. The minimum Gasteiger partial charge on any atom is -0.504 e. The summed E-state index contributed by atoms with van der Waals surface area (Å²) in [4.78, 5) is 12.4. The maximum absolute atomic E-state index is 12.4. The van der Waals surface area contributed by atoms with Crippen LogP contribution in [-0.2, 0) is 0 Å². The van der Waals surface area contributed by atoms with E-state index in [1.54, 1.807) is 19.2 Å². The van der Waals surface area contributed by atoms with Gasteiger partial charge in [-0.05, 0) is 18.6 Å². The van der Waals surface area contributed by atoms with Gasteiger partial charge in [0, 0.05) is 17.7 Å². The van der Waals surface area contributed by atoms with Crippen molar-refractivity contribution in [2.45, 2.75) is 6.92 Å². The Morgan fingerprint density at radius 1 is 0.958 bits per heavy atom. The third kappa shape index (κ3) is 2.42. The number of hydrogen-bond acceptors (Lipinski definition) is 6. The molecular formula is C18H16O6. The smallest absolute Gasteiger partial charge is 0.201 e. The van der Waals surface area contributed by atoms with Crippen LogP contribution >= 0.6 is 0 Å². The fraction of sp³-hybridized carbons (Fsp3) is 0.167. The number of hydrogen-bond donors (Lipinski definition) is 2. The van der Waals surface area contributed by atoms with Crippen LogP contribution < -0.4 is 14.9 Å². The number of methoxy groups -OCH3 is 2. The van der Waals surface area contributed by atoms with E-state index in [0.29, 0.717) is 17.1 Å². The summed E-state index contributed by atoms with van der Waals surface area (Å²) in [5.41, 5.74) is 1.25. The topological polar surface area (TPSA) is 89.1 Å². The molecule has 0 bridgehead atoms. The molecule has 2 N–H and O–H groups in total. The van der Waals surface area contributed by atoms with Gasteiger partial charge in [0.2, 0.25) is 5.75 Å². The van der Waals surface area contributed by atoms with E-state index in [1.807, 2.05) is 13.0 Å². The highest BCUT2D eigenvalue weighted by Gasteiger charge is 2.18. The molecule has 6 nitrogen and oxygen atoms in total. The fourth-order valence-corrected chi connectivity index (χ4v) is 2.54. The van der Waals surface area contributed by atoms with E-state index in [1.165, 1.54) is 19.2 Å². The summed E-state index contributed by atoms with van der Waals surface area (Å²) in [7, 11) is 2.90. The summed E-state index contributed by atoms with van der Waals surface area (Å²) in [5, 5.41) is 19.8. The zero-order chi connectivity index (χ0) is 17.4. The van der Waals surface area contributed by atoms with Crippen LogP contribution in [0.3, 0.4) is 0 Å². The second kappa shape index (κ2) is 5.81. The van der Waals surface area contributed by atoms with E-state index >= 15 is 0 Å². The normalized spacial score (nSPS) is 10.8. The number of aromatic hydroxyl groups is 2. The molecule has 2 aromatic carbocycles. The Balaban J connectivity index is 2.28. The van der Waals surface area contributed by atoms with Gasteiger partial charge in [0.05, 0.1) is 14.2 Å². The Hall–Kier alpha value is -3.15. The van der Waals surface area contributed by atoms with Crippen molar-refractivity contribution in [3.05, 3.63) is 46.1 Å². The SMILES string of the molecule is COc1cc(-c2cc(=O)c3c(O)c(O)c(OC)cc3o2)ccc1C. The van der Waals surface area contributed by atoms with E-state index in [2.05, 4.69) is 0 Å². The monoisotopic (exact) mass is 328 g/mol. The molecule has 0 aliphatic carbocycles. The van der Waals surface area contributed by atoms with Gasteiger partial charge in [-0.15, -0.1) is 0 Å². The first-order valence-corrected chi connectivity index (χ1v) is 7.18. The van der Waals surface area contributed by atoms with Crippen LogP contribution in [0.1, 0.15) is 5.56 Å². The summed E-state index contributed by atoms with van der Waals surface area (Å²) in [6, 6.07) is 8.04. The van der Waals surface area contributed by atoms with E-state index in [-0.39, 0.29) is 16.7 Å². The first-order chi connectivity index (χ1) is 11.5. The molecule has 0 saturated heterocycles. The van der Waals surface area contributed by atoms with E-state index in [4.69, 9.17) is 13.9 Å². The van der Waals surface area contributed by atoms with Crippen molar-refractivity contribution in [3.63, 3.8) is 0 Å². The average molecular weight is 328 g/mol. The lowest BCUT2D eigenvalue weighted by Crippen LogP contribution is -2.01. The van der Waals surface area contributed by atoms with Gasteiger partial charge in [-0.2, -0.15) is 0 Å². The van der Waals surface area contributed by atoms with Crippen LogP contribution in [0.2, 0.25) is 0 Å². The van der Waals surface area contributed by atoms with Crippen molar-refractivity contribution in [2.24, 2.45) is 0 Å². The summed E-state index contributed by atoms with van der Waals surface area (Å²) in [5.74, 6) is -0.0608. The molecule has 6 heteroatoms. The first-order valence-electron chi connectivity index (χ1n) is 7.18. The van der Waals surface area contributed by atoms with Gasteiger partial charge in [0.25, 0.3) is 0 Å². The molecule has 124 valence electrons. The van der Waals surface area contributed by atoms with Crippen LogP contribution in [0.5, 0.6) is 23.0 Å². The molecular weight excluding hydrogens is 312 g/mol. The lowest BCUT2D eigenvalue weighted by Gasteiger charge is -2.10. The van der Waals surface area contributed by atoms with Crippen molar-refractivity contribution >= 4 is 11.0 Å². The number of ether oxygens (including phenoxy) is 2. The van der Waals surface area contributed by atoms with Gasteiger partial charge in [-0.25, -0.2) is 0 Å². The summed E-state index contributed by atoms with van der Waals surface area (Å²) in [6.45, 7) is 1.91. The molecule has 1 heterocycles. The fourth-order valence-electron chi connectivity index (χ4n) is 2.54. The molecule has 0 aliphatic heterocycles. The molecule has 3 rings (SSSR count). The van der Waals surface area contributed by atoms with Crippen molar-refractivity contribution in [1.82, 2.24) is 0 Å². The maximum Gasteiger partial charge on any atom is 0.201 e. The third-order valence-corrected chi connectivity index (χ3v) is 3.84. The van der Waals surface area contributed by atoms with Gasteiger partial charge < -0.3 is 24.1 Å². The third-order valence-electron chi connectivity index (χ3n) is 3.84. The Morgan fingerprint density at radius 3 is 2.33 bits per heavy atom. The van der Waals surface area contributed by atoms with Crippen molar-refractivity contribution in [2.75, 3.05) is 14.2 Å². The quantitative estimate of drug-likeness (QED) is 0.718. The molecule has 24 heavy (non-hydrogen) atoms. The summed E-state index contributed by atoms with van der Waals surface area (Å²) < 4.78 is 16.0.